The number of methoxy groups -OCH3 is 1. The number of para-hydroxylation sites is 1. The largest absolute Gasteiger partial charge is 0.496 e. The molecule has 3 N–H and O–H groups in total. The number of benzene rings is 1. The molecule has 4 heteroatoms. The maximum absolute atomic E-state index is 5.70. The van der Waals surface area contributed by atoms with Gasteiger partial charge in [0.2, 0.25) is 0 Å². The number of hydrogen-bond acceptors (Lipinski definition) is 3. The maximum Gasteiger partial charge on any atom is 0.123 e. The maximum atomic E-state index is 5.70. The first-order valence-corrected chi connectivity index (χ1v) is 5.27. The van der Waals surface area contributed by atoms with Crippen molar-refractivity contribution in [3.63, 3.8) is 0 Å². The Hall–Kier alpha value is -0.770. The minimum Gasteiger partial charge on any atom is -0.496 e. The minimum atomic E-state index is 0. The van der Waals surface area contributed by atoms with Crippen molar-refractivity contribution in [1.29, 1.82) is 0 Å². The van der Waals surface area contributed by atoms with Crippen molar-refractivity contribution in [2.24, 2.45) is 5.73 Å². The molecule has 0 spiro atoms. The molecule has 0 amide bonds. The summed E-state index contributed by atoms with van der Waals surface area (Å²) in [5.41, 5.74) is 6.86. The van der Waals surface area contributed by atoms with E-state index in [1.54, 1.807) is 7.11 Å². The van der Waals surface area contributed by atoms with Gasteiger partial charge in [0.25, 0.3) is 0 Å². The highest BCUT2D eigenvalue weighted by Gasteiger charge is 2.10. The van der Waals surface area contributed by atoms with Crippen molar-refractivity contribution in [2.45, 2.75) is 25.9 Å². The molecule has 0 aliphatic carbocycles. The van der Waals surface area contributed by atoms with E-state index in [0.717, 1.165) is 12.3 Å². The Morgan fingerprint density at radius 2 is 1.94 bits per heavy atom. The van der Waals surface area contributed by atoms with E-state index >= 15 is 0 Å². The molecule has 0 fully saturated rings. The molecular formula is C12H21ClN2O. The summed E-state index contributed by atoms with van der Waals surface area (Å²) in [6, 6.07) is 8.45. The molecule has 2 atom stereocenters. The van der Waals surface area contributed by atoms with Crippen molar-refractivity contribution in [3.8, 4) is 5.75 Å². The van der Waals surface area contributed by atoms with Gasteiger partial charge in [-0.05, 0) is 19.9 Å². The molecule has 1 rings (SSSR count). The second-order valence-electron chi connectivity index (χ2n) is 3.85. The summed E-state index contributed by atoms with van der Waals surface area (Å²) >= 11 is 0. The SMILES string of the molecule is COc1ccccc1C(C)NCC(C)N.Cl. The highest BCUT2D eigenvalue weighted by molar-refractivity contribution is 5.85. The molecule has 1 aromatic carbocycles. The van der Waals surface area contributed by atoms with Crippen molar-refractivity contribution >= 4 is 12.4 Å². The molecule has 1 aromatic rings. The van der Waals surface area contributed by atoms with Gasteiger partial charge in [-0.1, -0.05) is 18.2 Å². The van der Waals surface area contributed by atoms with Crippen molar-refractivity contribution in [2.75, 3.05) is 13.7 Å². The number of nitrogens with one attached hydrogen (secondary N) is 1. The summed E-state index contributed by atoms with van der Waals surface area (Å²) in [4.78, 5) is 0. The Morgan fingerprint density at radius 1 is 1.31 bits per heavy atom. The molecule has 0 heterocycles. The second kappa shape index (κ2) is 7.49. The fourth-order valence-corrected chi connectivity index (χ4v) is 1.50. The van der Waals surface area contributed by atoms with Crippen LogP contribution in [0.5, 0.6) is 5.75 Å². The summed E-state index contributed by atoms with van der Waals surface area (Å²) in [5, 5.41) is 3.37. The van der Waals surface area contributed by atoms with Crippen LogP contribution in [0.3, 0.4) is 0 Å². The Labute approximate surface area is 104 Å². The zero-order valence-electron chi connectivity index (χ0n) is 10.1. The Bertz CT molecular complexity index is 305. The van der Waals surface area contributed by atoms with E-state index in [1.807, 2.05) is 25.1 Å². The van der Waals surface area contributed by atoms with E-state index < -0.39 is 0 Å². The monoisotopic (exact) mass is 244 g/mol. The highest BCUT2D eigenvalue weighted by atomic mass is 35.5. The van der Waals surface area contributed by atoms with Gasteiger partial charge < -0.3 is 15.8 Å². The average molecular weight is 245 g/mol. The van der Waals surface area contributed by atoms with Crippen molar-refractivity contribution < 1.29 is 4.74 Å². The van der Waals surface area contributed by atoms with Crippen LogP contribution in [0.15, 0.2) is 24.3 Å². The first kappa shape index (κ1) is 15.2. The Kier molecular flexibility index (Phi) is 7.13. The highest BCUT2D eigenvalue weighted by Crippen LogP contribution is 2.23. The van der Waals surface area contributed by atoms with Gasteiger partial charge in [-0.3, -0.25) is 0 Å². The molecule has 0 aromatic heterocycles. The van der Waals surface area contributed by atoms with E-state index in [0.29, 0.717) is 0 Å². The smallest absolute Gasteiger partial charge is 0.123 e. The molecule has 2 unspecified atom stereocenters. The summed E-state index contributed by atoms with van der Waals surface area (Å²) in [5.74, 6) is 0.919. The van der Waals surface area contributed by atoms with Crippen LogP contribution >= 0.6 is 12.4 Å². The van der Waals surface area contributed by atoms with Crippen molar-refractivity contribution in [1.82, 2.24) is 5.32 Å². The van der Waals surface area contributed by atoms with Crippen LogP contribution in [0.1, 0.15) is 25.5 Å². The number of halogens is 1. The third-order valence-electron chi connectivity index (χ3n) is 2.35. The van der Waals surface area contributed by atoms with Crippen LogP contribution < -0.4 is 15.8 Å². The second-order valence-corrected chi connectivity index (χ2v) is 3.85. The number of hydrogen-bond donors (Lipinski definition) is 2. The molecule has 0 saturated heterocycles. The first-order valence-electron chi connectivity index (χ1n) is 5.27. The molecule has 0 aliphatic heterocycles. The molecular weight excluding hydrogens is 224 g/mol. The van der Waals surface area contributed by atoms with Gasteiger partial charge in [-0.25, -0.2) is 0 Å². The fraction of sp³-hybridized carbons (Fsp3) is 0.500. The predicted molar refractivity (Wildman–Crippen MR) is 70.3 cm³/mol. The van der Waals surface area contributed by atoms with Gasteiger partial charge in [0.05, 0.1) is 7.11 Å². The third kappa shape index (κ3) is 4.39. The molecule has 16 heavy (non-hydrogen) atoms. The number of ether oxygens (including phenoxy) is 1. The van der Waals surface area contributed by atoms with Gasteiger partial charge in [0, 0.05) is 24.2 Å². The molecule has 0 bridgehead atoms. The van der Waals surface area contributed by atoms with Crippen LogP contribution in [-0.4, -0.2) is 19.7 Å². The lowest BCUT2D eigenvalue weighted by molar-refractivity contribution is 0.400. The van der Waals surface area contributed by atoms with Crippen LogP contribution in [0.2, 0.25) is 0 Å². The van der Waals surface area contributed by atoms with E-state index in [4.69, 9.17) is 10.5 Å². The van der Waals surface area contributed by atoms with Gasteiger partial charge in [0.15, 0.2) is 0 Å². The molecule has 0 saturated carbocycles. The van der Waals surface area contributed by atoms with Gasteiger partial charge in [-0.15, -0.1) is 12.4 Å². The third-order valence-corrected chi connectivity index (χ3v) is 2.35. The van der Waals surface area contributed by atoms with Gasteiger partial charge in [-0.2, -0.15) is 0 Å². The topological polar surface area (TPSA) is 47.3 Å². The van der Waals surface area contributed by atoms with Crippen molar-refractivity contribution in [3.05, 3.63) is 29.8 Å². The number of nitrogens with two attached hydrogens (primary N) is 1. The fourth-order valence-electron chi connectivity index (χ4n) is 1.50. The summed E-state index contributed by atoms with van der Waals surface area (Å²) in [6.45, 7) is 4.90. The standard InChI is InChI=1S/C12H20N2O.ClH/c1-9(13)8-14-10(2)11-6-4-5-7-12(11)15-3;/h4-7,9-10,14H,8,13H2,1-3H3;1H. The van der Waals surface area contributed by atoms with Crippen LogP contribution in [0.4, 0.5) is 0 Å². The summed E-state index contributed by atoms with van der Waals surface area (Å²) < 4.78 is 5.30. The molecule has 92 valence electrons. The van der Waals surface area contributed by atoms with Gasteiger partial charge in [0.1, 0.15) is 5.75 Å². The Morgan fingerprint density at radius 3 is 2.50 bits per heavy atom. The Balaban J connectivity index is 0.00000225. The zero-order valence-corrected chi connectivity index (χ0v) is 10.9. The lowest BCUT2D eigenvalue weighted by Gasteiger charge is -2.18. The van der Waals surface area contributed by atoms with E-state index in [2.05, 4.69) is 18.3 Å². The van der Waals surface area contributed by atoms with Gasteiger partial charge >= 0.3 is 0 Å². The predicted octanol–water partition coefficient (Wildman–Crippen LogP) is 2.11. The zero-order chi connectivity index (χ0) is 11.3. The molecule has 0 radical (unpaired) electrons. The molecule has 0 aliphatic rings. The van der Waals surface area contributed by atoms with Crippen LogP contribution in [0.25, 0.3) is 0 Å². The van der Waals surface area contributed by atoms with E-state index in [9.17, 15) is 0 Å². The van der Waals surface area contributed by atoms with Crippen LogP contribution in [-0.2, 0) is 0 Å². The summed E-state index contributed by atoms with van der Waals surface area (Å²) in [7, 11) is 1.69. The average Bonchev–Trinajstić information content (AvgIpc) is 2.25. The van der Waals surface area contributed by atoms with E-state index in [1.165, 1.54) is 5.56 Å². The molecule has 3 nitrogen and oxygen atoms in total. The summed E-state index contributed by atoms with van der Waals surface area (Å²) in [6.07, 6.45) is 0. The minimum absolute atomic E-state index is 0. The lowest BCUT2D eigenvalue weighted by atomic mass is 10.1. The van der Waals surface area contributed by atoms with Crippen LogP contribution in [0, 0.1) is 0 Å². The number of rotatable bonds is 5. The quantitative estimate of drug-likeness (QED) is 0.834. The van der Waals surface area contributed by atoms with E-state index in [-0.39, 0.29) is 24.5 Å². The normalized spacial score (nSPS) is 13.8. The first-order chi connectivity index (χ1) is 7.15. The lowest BCUT2D eigenvalue weighted by Crippen LogP contribution is -2.32.